The second kappa shape index (κ2) is 10.1. The van der Waals surface area contributed by atoms with Gasteiger partial charge in [-0.15, -0.1) is 0 Å². The number of nitrogens with two attached hydrogens (primary N) is 1. The molecule has 0 saturated carbocycles. The van der Waals surface area contributed by atoms with Crippen molar-refractivity contribution in [3.8, 4) is 28.1 Å². The van der Waals surface area contributed by atoms with Crippen LogP contribution in [0.3, 0.4) is 0 Å². The molecule has 0 aliphatic heterocycles. The van der Waals surface area contributed by atoms with Crippen LogP contribution in [0.4, 0.5) is 0 Å². The van der Waals surface area contributed by atoms with E-state index in [-0.39, 0.29) is 11.3 Å². The molecule has 0 atom stereocenters. The van der Waals surface area contributed by atoms with Gasteiger partial charge in [-0.2, -0.15) is 0 Å². The van der Waals surface area contributed by atoms with Gasteiger partial charge in [-0.25, -0.2) is 19.0 Å². The van der Waals surface area contributed by atoms with E-state index in [1.54, 1.807) is 35.9 Å². The van der Waals surface area contributed by atoms with Crippen LogP contribution in [0.15, 0.2) is 59.6 Å². The summed E-state index contributed by atoms with van der Waals surface area (Å²) < 4.78 is 28.4. The quantitative estimate of drug-likeness (QED) is 0.337. The number of benzene rings is 2. The molecule has 0 fully saturated rings. The van der Waals surface area contributed by atoms with E-state index in [9.17, 15) is 13.2 Å². The summed E-state index contributed by atoms with van der Waals surface area (Å²) in [4.78, 5) is 15.9. The van der Waals surface area contributed by atoms with Crippen LogP contribution < -0.4 is 15.4 Å². The third-order valence-corrected chi connectivity index (χ3v) is 6.08. The lowest BCUT2D eigenvalue weighted by Gasteiger charge is -2.13. The van der Waals surface area contributed by atoms with Crippen LogP contribution in [-0.4, -0.2) is 31.6 Å². The Morgan fingerprint density at radius 2 is 1.84 bits per heavy atom. The van der Waals surface area contributed by atoms with Gasteiger partial charge in [0, 0.05) is 23.7 Å². The number of primary sulfonamides is 1. The molecule has 0 aliphatic rings. The standard InChI is InChI=1S/C22H22ClN3O5S/c1-31-20-10-7-16(12-19(20)23)18-11-14(3-2-4-21(27)26-28)13-25-22(18)15-5-8-17(9-6-15)32(24,29)30/h5-13,28H,2-4H2,1H3,(H,26,27)(H2,24,29,30). The third kappa shape index (κ3) is 5.63. The fraction of sp³-hybridized carbons (Fsp3) is 0.182. The number of hydrogen-bond acceptors (Lipinski definition) is 6. The zero-order chi connectivity index (χ0) is 23.3. The number of rotatable bonds is 8. The van der Waals surface area contributed by atoms with Gasteiger partial charge in [-0.05, 0) is 54.3 Å². The van der Waals surface area contributed by atoms with Crippen molar-refractivity contribution >= 4 is 27.5 Å². The van der Waals surface area contributed by atoms with Crippen molar-refractivity contribution in [2.75, 3.05) is 7.11 Å². The highest BCUT2D eigenvalue weighted by Crippen LogP contribution is 2.36. The highest BCUT2D eigenvalue weighted by molar-refractivity contribution is 7.89. The summed E-state index contributed by atoms with van der Waals surface area (Å²) in [6.45, 7) is 0. The number of sulfonamides is 1. The Hall–Kier alpha value is -2.98. The second-order valence-corrected chi connectivity index (χ2v) is 9.02. The Morgan fingerprint density at radius 3 is 2.44 bits per heavy atom. The number of aromatic nitrogens is 1. The number of halogens is 1. The molecule has 2 aromatic carbocycles. The number of methoxy groups -OCH3 is 1. The smallest absolute Gasteiger partial charge is 0.243 e. The first-order chi connectivity index (χ1) is 15.2. The Kier molecular flexibility index (Phi) is 7.47. The highest BCUT2D eigenvalue weighted by Gasteiger charge is 2.14. The van der Waals surface area contributed by atoms with Gasteiger partial charge in [0.25, 0.3) is 0 Å². The van der Waals surface area contributed by atoms with Crippen LogP contribution in [-0.2, 0) is 21.2 Å². The maximum atomic E-state index is 11.6. The van der Waals surface area contributed by atoms with Gasteiger partial charge < -0.3 is 4.74 Å². The van der Waals surface area contributed by atoms with Gasteiger partial charge in [0.05, 0.1) is 22.7 Å². The van der Waals surface area contributed by atoms with Crippen LogP contribution in [0.1, 0.15) is 18.4 Å². The van der Waals surface area contributed by atoms with Crippen LogP contribution >= 0.6 is 11.6 Å². The number of carbonyl (C=O) groups excluding carboxylic acids is 1. The van der Waals surface area contributed by atoms with E-state index in [0.717, 1.165) is 16.7 Å². The van der Waals surface area contributed by atoms with Gasteiger partial charge in [0.1, 0.15) is 5.75 Å². The van der Waals surface area contributed by atoms with Gasteiger partial charge in [-0.3, -0.25) is 15.0 Å². The van der Waals surface area contributed by atoms with Crippen molar-refractivity contribution in [3.05, 3.63) is 65.3 Å². The Morgan fingerprint density at radius 1 is 1.16 bits per heavy atom. The minimum absolute atomic E-state index is 0.00840. The van der Waals surface area contributed by atoms with Crippen molar-refractivity contribution in [2.24, 2.45) is 5.14 Å². The molecule has 3 rings (SSSR count). The van der Waals surface area contributed by atoms with Crippen molar-refractivity contribution in [2.45, 2.75) is 24.2 Å². The molecule has 8 nitrogen and oxygen atoms in total. The molecular formula is C22H22ClN3O5S. The van der Waals surface area contributed by atoms with E-state index >= 15 is 0 Å². The molecule has 0 aliphatic carbocycles. The van der Waals surface area contributed by atoms with E-state index < -0.39 is 15.9 Å². The molecule has 0 unspecified atom stereocenters. The maximum absolute atomic E-state index is 11.6. The topological polar surface area (TPSA) is 132 Å². The first-order valence-electron chi connectivity index (χ1n) is 9.62. The zero-order valence-corrected chi connectivity index (χ0v) is 18.8. The second-order valence-electron chi connectivity index (χ2n) is 7.05. The SMILES string of the molecule is COc1ccc(-c2cc(CCCC(=O)NO)cnc2-c2ccc(S(N)(=O)=O)cc2)cc1Cl. The van der Waals surface area contributed by atoms with Crippen LogP contribution in [0.2, 0.25) is 5.02 Å². The average molecular weight is 476 g/mol. The van der Waals surface area contributed by atoms with E-state index in [4.69, 9.17) is 26.7 Å². The number of amides is 1. The minimum atomic E-state index is -3.81. The molecule has 1 heterocycles. The fourth-order valence-corrected chi connectivity index (χ4v) is 4.01. The highest BCUT2D eigenvalue weighted by atomic mass is 35.5. The molecule has 0 radical (unpaired) electrons. The third-order valence-electron chi connectivity index (χ3n) is 4.86. The lowest BCUT2D eigenvalue weighted by molar-refractivity contribution is -0.129. The molecule has 168 valence electrons. The largest absolute Gasteiger partial charge is 0.495 e. The molecular weight excluding hydrogens is 454 g/mol. The van der Waals surface area contributed by atoms with Crippen molar-refractivity contribution in [1.29, 1.82) is 0 Å². The van der Waals surface area contributed by atoms with E-state index in [2.05, 4.69) is 4.98 Å². The van der Waals surface area contributed by atoms with Crippen molar-refractivity contribution < 1.29 is 23.2 Å². The predicted octanol–water partition coefficient (Wildman–Crippen LogP) is 3.55. The Labute approximate surface area is 191 Å². The molecule has 1 aromatic heterocycles. The van der Waals surface area contributed by atoms with Crippen molar-refractivity contribution in [3.63, 3.8) is 0 Å². The van der Waals surface area contributed by atoms with E-state index in [0.29, 0.717) is 34.9 Å². The summed E-state index contributed by atoms with van der Waals surface area (Å²) in [5.74, 6) is 0.0836. The molecule has 0 bridgehead atoms. The van der Waals surface area contributed by atoms with Gasteiger partial charge in [0.2, 0.25) is 15.9 Å². The molecule has 10 heteroatoms. The number of hydroxylamine groups is 1. The lowest BCUT2D eigenvalue weighted by atomic mass is 9.96. The van der Waals surface area contributed by atoms with E-state index in [1.807, 2.05) is 12.1 Å². The molecule has 1 amide bonds. The van der Waals surface area contributed by atoms with Gasteiger partial charge in [-0.1, -0.05) is 29.8 Å². The number of hydrogen-bond donors (Lipinski definition) is 3. The number of nitrogens with zero attached hydrogens (tertiary/aromatic N) is 1. The number of ether oxygens (including phenoxy) is 1. The summed E-state index contributed by atoms with van der Waals surface area (Å²) in [7, 11) is -2.27. The number of pyridine rings is 1. The van der Waals surface area contributed by atoms with Gasteiger partial charge in [0.15, 0.2) is 0 Å². The molecule has 0 spiro atoms. The Bertz CT molecular complexity index is 1230. The maximum Gasteiger partial charge on any atom is 0.243 e. The number of nitrogens with one attached hydrogen (secondary N) is 1. The number of aryl methyl sites for hydroxylation is 1. The Balaban J connectivity index is 2.04. The zero-order valence-electron chi connectivity index (χ0n) is 17.2. The minimum Gasteiger partial charge on any atom is -0.495 e. The van der Waals surface area contributed by atoms with Crippen molar-refractivity contribution in [1.82, 2.24) is 10.5 Å². The average Bonchev–Trinajstić information content (AvgIpc) is 2.78. The van der Waals surface area contributed by atoms with Gasteiger partial charge >= 0.3 is 0 Å². The predicted molar refractivity (Wildman–Crippen MR) is 121 cm³/mol. The first-order valence-corrected chi connectivity index (χ1v) is 11.5. The lowest BCUT2D eigenvalue weighted by Crippen LogP contribution is -2.18. The summed E-state index contributed by atoms with van der Waals surface area (Å²) in [5, 5.41) is 14.3. The number of carbonyl (C=O) groups is 1. The molecule has 3 aromatic rings. The summed E-state index contributed by atoms with van der Waals surface area (Å²) in [6.07, 6.45) is 2.98. The monoisotopic (exact) mass is 475 g/mol. The molecule has 0 saturated heterocycles. The summed E-state index contributed by atoms with van der Waals surface area (Å²) >= 11 is 6.33. The van der Waals surface area contributed by atoms with E-state index in [1.165, 1.54) is 19.2 Å². The normalized spacial score (nSPS) is 11.2. The fourth-order valence-electron chi connectivity index (χ4n) is 3.24. The molecule has 4 N–H and O–H groups in total. The van der Waals surface area contributed by atoms with Crippen LogP contribution in [0.5, 0.6) is 5.75 Å². The van der Waals surface area contributed by atoms with Crippen LogP contribution in [0, 0.1) is 0 Å². The summed E-state index contributed by atoms with van der Waals surface area (Å²) in [6, 6.07) is 13.5. The summed E-state index contributed by atoms with van der Waals surface area (Å²) in [5.41, 5.74) is 5.41. The molecule has 32 heavy (non-hydrogen) atoms. The van der Waals surface area contributed by atoms with Crippen LogP contribution in [0.25, 0.3) is 22.4 Å². The first kappa shape index (κ1) is 23.7.